The molecule has 0 unspecified atom stereocenters. The summed E-state index contributed by atoms with van der Waals surface area (Å²) in [7, 11) is 0. The summed E-state index contributed by atoms with van der Waals surface area (Å²) in [6.45, 7) is 6.48. The number of esters is 3. The first-order valence-corrected chi connectivity index (χ1v) is 23.3. The molecule has 6 nitrogen and oxygen atoms in total. The average molecular weight is 783 g/mol. The van der Waals surface area contributed by atoms with E-state index >= 15 is 0 Å². The van der Waals surface area contributed by atoms with E-state index in [-0.39, 0.29) is 31.1 Å². The van der Waals surface area contributed by atoms with E-state index in [1.54, 1.807) is 0 Å². The third-order valence-electron chi connectivity index (χ3n) is 9.71. The highest BCUT2D eigenvalue weighted by Crippen LogP contribution is 2.12. The molecule has 0 spiro atoms. The van der Waals surface area contributed by atoms with Crippen LogP contribution in [0.15, 0.2) is 60.8 Å². The molecule has 0 amide bonds. The molecule has 0 saturated heterocycles. The second-order valence-corrected chi connectivity index (χ2v) is 15.3. The Morgan fingerprint density at radius 2 is 0.661 bits per heavy atom. The van der Waals surface area contributed by atoms with Crippen LogP contribution in [-0.2, 0) is 28.6 Å². The zero-order chi connectivity index (χ0) is 40.8. The standard InChI is InChI=1S/C50H86O6/c1-4-7-10-13-16-19-22-24-25-26-29-31-34-37-40-43-49(52)55-46-47(45-54-48(51)42-39-36-33-30-27-21-18-15-12-9-6-3)56-50(53)44-41-38-35-32-28-23-20-17-14-11-8-5-2/h15-20,24-25,29,31,47H,4-14,21-23,26-28,30,32-46H2,1-3H3/b18-15-,19-16-,20-17-,25-24-,31-29-/t47-/m1/s1. The summed E-state index contributed by atoms with van der Waals surface area (Å²) in [6, 6.07) is 0. The van der Waals surface area contributed by atoms with Crippen LogP contribution in [0.3, 0.4) is 0 Å². The molecule has 0 aliphatic carbocycles. The highest BCUT2D eigenvalue weighted by atomic mass is 16.6. The summed E-state index contributed by atoms with van der Waals surface area (Å²) in [5.74, 6) is -0.956. The fourth-order valence-electron chi connectivity index (χ4n) is 6.13. The largest absolute Gasteiger partial charge is 0.462 e. The van der Waals surface area contributed by atoms with E-state index < -0.39 is 6.10 Å². The van der Waals surface area contributed by atoms with Crippen LogP contribution in [0.5, 0.6) is 0 Å². The predicted octanol–water partition coefficient (Wildman–Crippen LogP) is 14.9. The first kappa shape index (κ1) is 53.1. The molecular formula is C50H86O6. The normalized spacial score (nSPS) is 12.6. The van der Waals surface area contributed by atoms with Gasteiger partial charge in [0.2, 0.25) is 0 Å². The van der Waals surface area contributed by atoms with Crippen molar-refractivity contribution < 1.29 is 28.6 Å². The number of unbranched alkanes of at least 4 members (excludes halogenated alkanes) is 20. The molecule has 56 heavy (non-hydrogen) atoms. The number of rotatable bonds is 41. The molecule has 0 aromatic carbocycles. The van der Waals surface area contributed by atoms with Crippen LogP contribution in [0.1, 0.15) is 220 Å². The summed E-state index contributed by atoms with van der Waals surface area (Å²) < 4.78 is 16.7. The van der Waals surface area contributed by atoms with Crippen LogP contribution < -0.4 is 0 Å². The van der Waals surface area contributed by atoms with Gasteiger partial charge in [-0.25, -0.2) is 0 Å². The molecule has 1 atom stereocenters. The van der Waals surface area contributed by atoms with Gasteiger partial charge in [-0.05, 0) is 103 Å². The minimum Gasteiger partial charge on any atom is -0.462 e. The first-order chi connectivity index (χ1) is 27.5. The summed E-state index contributed by atoms with van der Waals surface area (Å²) in [4.78, 5) is 37.7. The fourth-order valence-corrected chi connectivity index (χ4v) is 6.13. The summed E-state index contributed by atoms with van der Waals surface area (Å²) in [5.41, 5.74) is 0. The zero-order valence-electron chi connectivity index (χ0n) is 36.6. The van der Waals surface area contributed by atoms with Gasteiger partial charge in [-0.2, -0.15) is 0 Å². The van der Waals surface area contributed by atoms with Gasteiger partial charge in [0, 0.05) is 19.3 Å². The fraction of sp³-hybridized carbons (Fsp3) is 0.740. The molecule has 0 fully saturated rings. The summed E-state index contributed by atoms with van der Waals surface area (Å²) >= 11 is 0. The van der Waals surface area contributed by atoms with Crippen molar-refractivity contribution in [2.45, 2.75) is 226 Å². The minimum atomic E-state index is -0.794. The van der Waals surface area contributed by atoms with Crippen LogP contribution in [-0.4, -0.2) is 37.2 Å². The highest BCUT2D eigenvalue weighted by Gasteiger charge is 2.19. The number of carbonyl (C=O) groups excluding carboxylic acids is 3. The van der Waals surface area contributed by atoms with Crippen LogP contribution >= 0.6 is 0 Å². The van der Waals surface area contributed by atoms with E-state index in [0.717, 1.165) is 89.9 Å². The van der Waals surface area contributed by atoms with Crippen molar-refractivity contribution in [2.24, 2.45) is 0 Å². The van der Waals surface area contributed by atoms with Gasteiger partial charge in [0.1, 0.15) is 13.2 Å². The maximum atomic E-state index is 12.7. The number of hydrogen-bond acceptors (Lipinski definition) is 6. The Bertz CT molecular complexity index is 1040. The van der Waals surface area contributed by atoms with Crippen molar-refractivity contribution in [1.82, 2.24) is 0 Å². The molecule has 322 valence electrons. The van der Waals surface area contributed by atoms with Gasteiger partial charge < -0.3 is 14.2 Å². The third-order valence-corrected chi connectivity index (χ3v) is 9.71. The van der Waals surface area contributed by atoms with Crippen molar-refractivity contribution in [1.29, 1.82) is 0 Å². The second kappa shape index (κ2) is 44.8. The lowest BCUT2D eigenvalue weighted by molar-refractivity contribution is -0.167. The Labute approximate surface area is 345 Å². The van der Waals surface area contributed by atoms with Gasteiger partial charge in [-0.1, -0.05) is 159 Å². The molecule has 0 N–H and O–H groups in total. The molecule has 6 heteroatoms. The molecule has 0 bridgehead atoms. The molecule has 0 heterocycles. The molecule has 0 aromatic rings. The number of hydrogen-bond donors (Lipinski definition) is 0. The van der Waals surface area contributed by atoms with Crippen LogP contribution in [0.4, 0.5) is 0 Å². The maximum Gasteiger partial charge on any atom is 0.306 e. The minimum absolute atomic E-state index is 0.0946. The highest BCUT2D eigenvalue weighted by molar-refractivity contribution is 5.71. The lowest BCUT2D eigenvalue weighted by Crippen LogP contribution is -2.30. The van der Waals surface area contributed by atoms with Gasteiger partial charge in [-0.3, -0.25) is 14.4 Å². The van der Waals surface area contributed by atoms with Crippen LogP contribution in [0, 0.1) is 0 Å². The molecule has 0 aliphatic heterocycles. The van der Waals surface area contributed by atoms with E-state index in [0.29, 0.717) is 19.3 Å². The van der Waals surface area contributed by atoms with E-state index in [9.17, 15) is 14.4 Å². The molecule has 0 aromatic heterocycles. The first-order valence-electron chi connectivity index (χ1n) is 23.3. The number of carbonyl (C=O) groups is 3. The van der Waals surface area contributed by atoms with E-state index in [1.165, 1.54) is 89.9 Å². The Kier molecular flexibility index (Phi) is 42.5. The predicted molar refractivity (Wildman–Crippen MR) is 238 cm³/mol. The third kappa shape index (κ3) is 42.3. The second-order valence-electron chi connectivity index (χ2n) is 15.3. The van der Waals surface area contributed by atoms with Gasteiger partial charge in [-0.15, -0.1) is 0 Å². The molecule has 0 aliphatic rings. The van der Waals surface area contributed by atoms with Crippen molar-refractivity contribution in [3.63, 3.8) is 0 Å². The smallest absolute Gasteiger partial charge is 0.306 e. The Balaban J connectivity index is 4.46. The monoisotopic (exact) mass is 783 g/mol. The maximum absolute atomic E-state index is 12.7. The van der Waals surface area contributed by atoms with Crippen molar-refractivity contribution in [3.8, 4) is 0 Å². The Morgan fingerprint density at radius 3 is 1.11 bits per heavy atom. The average Bonchev–Trinajstić information content (AvgIpc) is 3.19. The topological polar surface area (TPSA) is 78.9 Å². The molecular weight excluding hydrogens is 697 g/mol. The lowest BCUT2D eigenvalue weighted by Gasteiger charge is -2.18. The molecule has 0 radical (unpaired) electrons. The molecule has 0 saturated carbocycles. The Hall–Kier alpha value is -2.89. The van der Waals surface area contributed by atoms with Gasteiger partial charge in [0.15, 0.2) is 6.10 Å². The SMILES string of the molecule is CCCC/C=C\CCCCCCCC(=O)OC[C@H](COC(=O)CCCC/C=C\C/C=C\C/C=C\CCCCC)OC(=O)CCCCCCC/C=C\CCCCC. The lowest BCUT2D eigenvalue weighted by atomic mass is 10.1. The number of allylic oxidation sites excluding steroid dienone is 10. The van der Waals surface area contributed by atoms with Crippen molar-refractivity contribution >= 4 is 17.9 Å². The van der Waals surface area contributed by atoms with Crippen molar-refractivity contribution in [2.75, 3.05) is 13.2 Å². The van der Waals surface area contributed by atoms with Crippen LogP contribution in [0.2, 0.25) is 0 Å². The Morgan fingerprint density at radius 1 is 0.357 bits per heavy atom. The van der Waals surface area contributed by atoms with E-state index in [4.69, 9.17) is 14.2 Å². The van der Waals surface area contributed by atoms with Crippen LogP contribution in [0.25, 0.3) is 0 Å². The summed E-state index contributed by atoms with van der Waals surface area (Å²) in [6.07, 6.45) is 53.4. The van der Waals surface area contributed by atoms with E-state index in [1.807, 2.05) is 0 Å². The van der Waals surface area contributed by atoms with Gasteiger partial charge in [0.05, 0.1) is 0 Å². The van der Waals surface area contributed by atoms with E-state index in [2.05, 4.69) is 81.5 Å². The molecule has 0 rings (SSSR count). The number of ether oxygens (including phenoxy) is 3. The van der Waals surface area contributed by atoms with Gasteiger partial charge in [0.25, 0.3) is 0 Å². The quantitative estimate of drug-likeness (QED) is 0.0266. The zero-order valence-corrected chi connectivity index (χ0v) is 36.6. The van der Waals surface area contributed by atoms with Gasteiger partial charge >= 0.3 is 17.9 Å². The van der Waals surface area contributed by atoms with Crippen molar-refractivity contribution in [3.05, 3.63) is 60.8 Å². The summed E-state index contributed by atoms with van der Waals surface area (Å²) in [5, 5.41) is 0.